The van der Waals surface area contributed by atoms with E-state index in [1.807, 2.05) is 34.9 Å². The van der Waals surface area contributed by atoms with Crippen LogP contribution in [0.2, 0.25) is 0 Å². The Morgan fingerprint density at radius 1 is 1.04 bits per heavy atom. The van der Waals surface area contributed by atoms with Crippen LogP contribution in [-0.4, -0.2) is 32.4 Å². The van der Waals surface area contributed by atoms with Gasteiger partial charge in [0.1, 0.15) is 12.4 Å². The minimum absolute atomic E-state index is 0.778. The van der Waals surface area contributed by atoms with Gasteiger partial charge in [-0.25, -0.2) is 26.0 Å². The Balaban J connectivity index is 0.000000496. The minimum Gasteiger partial charge on any atom is -0.421 e. The molecule has 1 rings (SSSR count). The summed E-state index contributed by atoms with van der Waals surface area (Å²) in [4.78, 5) is 0. The molecule has 1 heterocycles. The maximum Gasteiger partial charge on any atom is 0.480 e. The van der Waals surface area contributed by atoms with Crippen molar-refractivity contribution in [2.24, 2.45) is 7.05 Å². The summed E-state index contributed by atoms with van der Waals surface area (Å²) in [6.07, 6.45) is 11.3. The first-order chi connectivity index (χ1) is 11.0. The topological polar surface area (TPSA) is 91.2 Å². The number of alkyl halides is 6. The van der Waals surface area contributed by atoms with Crippen molar-refractivity contribution in [3.8, 4) is 0 Å². The van der Waals surface area contributed by atoms with Gasteiger partial charge < -0.3 is 4.13 Å². The van der Waals surface area contributed by atoms with Gasteiger partial charge in [-0.05, 0) is 12.5 Å². The molecule has 0 aromatic carbocycles. The summed E-state index contributed by atoms with van der Waals surface area (Å²) < 4.78 is 113. The van der Waals surface area contributed by atoms with Gasteiger partial charge in [0.15, 0.2) is 20.0 Å². The van der Waals surface area contributed by atoms with Crippen molar-refractivity contribution in [1.82, 2.24) is 4.57 Å². The van der Waals surface area contributed by atoms with Crippen LogP contribution in [0.5, 0.6) is 0 Å². The van der Waals surface area contributed by atoms with Crippen molar-refractivity contribution in [3.63, 3.8) is 0 Å². The molecule has 0 N–H and O–H groups in total. The van der Waals surface area contributed by atoms with Gasteiger partial charge in [-0.3, -0.25) is 0 Å². The van der Waals surface area contributed by atoms with Crippen LogP contribution in [0.4, 0.5) is 26.3 Å². The zero-order valence-electron chi connectivity index (χ0n) is 12.7. The Morgan fingerprint density at radius 3 is 1.76 bits per heavy atom. The lowest BCUT2D eigenvalue weighted by atomic mass is 10.5. The molecule has 0 radical (unpaired) electrons. The quantitative estimate of drug-likeness (QED) is 0.555. The normalized spacial score (nSPS) is 13.6. The Bertz CT molecular complexity index is 751. The predicted molar refractivity (Wildman–Crippen MR) is 74.5 cm³/mol. The summed E-state index contributed by atoms with van der Waals surface area (Å²) in [7, 11) is -11.4. The number of aryl methyl sites for hydroxylation is 1. The van der Waals surface area contributed by atoms with E-state index in [0.29, 0.717) is 0 Å². The van der Waals surface area contributed by atoms with Crippen LogP contribution in [-0.2, 0) is 27.1 Å². The third-order valence-electron chi connectivity index (χ3n) is 2.08. The second kappa shape index (κ2) is 8.18. The van der Waals surface area contributed by atoms with Crippen molar-refractivity contribution in [3.05, 3.63) is 28.9 Å². The van der Waals surface area contributed by atoms with Gasteiger partial charge in [0, 0.05) is 0 Å². The van der Waals surface area contributed by atoms with Crippen LogP contribution in [0.25, 0.3) is 10.3 Å². The van der Waals surface area contributed by atoms with E-state index in [1.165, 1.54) is 0 Å². The lowest BCUT2D eigenvalue weighted by Crippen LogP contribution is -2.30. The Morgan fingerprint density at radius 2 is 1.48 bits per heavy atom. The van der Waals surface area contributed by atoms with Gasteiger partial charge in [0.2, 0.25) is 6.33 Å². The summed E-state index contributed by atoms with van der Waals surface area (Å²) in [6.45, 7) is 2.12. The monoisotopic (exact) mass is 417 g/mol. The average molecular weight is 417 g/mol. The molecular weight excluding hydrogens is 404 g/mol. The standard InChI is InChI=1S/C8H13N2.C2F6NO4S2/c1-3-4-5-10-7-6-9(2)8-10;3-1(4,5)14(10,11)9-15(12,13)2(6,7)8/h4-8H,3H2,1-2H3;/q+1;-1. The van der Waals surface area contributed by atoms with E-state index in [2.05, 4.69) is 19.2 Å². The summed E-state index contributed by atoms with van der Waals surface area (Å²) in [5.41, 5.74) is -12.4. The maximum atomic E-state index is 11.4. The fourth-order valence-corrected chi connectivity index (χ4v) is 2.71. The van der Waals surface area contributed by atoms with Gasteiger partial charge in [-0.15, -0.1) is 0 Å². The highest BCUT2D eigenvalue weighted by Crippen LogP contribution is 2.36. The number of hydrogen-bond acceptors (Lipinski definition) is 4. The SMILES string of the molecule is CCC=Cn1cc[n+](C)c1.O=S(=O)([N-]S(=O)(=O)C(F)(F)F)C(F)(F)F. The molecule has 0 bridgehead atoms. The van der Waals surface area contributed by atoms with Crippen molar-refractivity contribution in [1.29, 1.82) is 0 Å². The third-order valence-corrected chi connectivity index (χ3v) is 4.82. The number of hydrogen-bond donors (Lipinski definition) is 0. The van der Waals surface area contributed by atoms with E-state index in [4.69, 9.17) is 0 Å². The Labute approximate surface area is 139 Å². The fraction of sp³-hybridized carbons (Fsp3) is 0.500. The number of sulfonamides is 2. The molecule has 0 fully saturated rings. The molecule has 1 aromatic rings. The average Bonchev–Trinajstić information content (AvgIpc) is 2.79. The van der Waals surface area contributed by atoms with Crippen LogP contribution in [0.1, 0.15) is 13.3 Å². The predicted octanol–water partition coefficient (Wildman–Crippen LogP) is 2.25. The number of aromatic nitrogens is 2. The Kier molecular flexibility index (Phi) is 7.65. The highest BCUT2D eigenvalue weighted by molar-refractivity contribution is 8.13. The van der Waals surface area contributed by atoms with Crippen LogP contribution < -0.4 is 4.57 Å². The first kappa shape index (κ1) is 23.4. The van der Waals surface area contributed by atoms with Crippen LogP contribution in [0.15, 0.2) is 24.8 Å². The zero-order chi connectivity index (χ0) is 20.1. The molecule has 15 heteroatoms. The van der Waals surface area contributed by atoms with Gasteiger partial charge in [-0.1, -0.05) is 6.92 Å². The lowest BCUT2D eigenvalue weighted by Gasteiger charge is -2.22. The number of nitrogens with zero attached hydrogens (tertiary/aromatic N) is 3. The first-order valence-corrected chi connectivity index (χ1v) is 8.97. The maximum absolute atomic E-state index is 11.4. The molecule has 0 aliphatic heterocycles. The van der Waals surface area contributed by atoms with E-state index in [0.717, 1.165) is 10.5 Å². The third kappa shape index (κ3) is 7.43. The molecule has 0 saturated heterocycles. The molecule has 0 aliphatic rings. The van der Waals surface area contributed by atoms with E-state index < -0.39 is 31.1 Å². The molecule has 7 nitrogen and oxygen atoms in total. The van der Waals surface area contributed by atoms with Gasteiger partial charge in [-0.2, -0.15) is 26.3 Å². The summed E-state index contributed by atoms with van der Waals surface area (Å²) >= 11 is 0. The van der Waals surface area contributed by atoms with Crippen molar-refractivity contribution < 1.29 is 47.7 Å². The van der Waals surface area contributed by atoms with Crippen molar-refractivity contribution in [2.45, 2.75) is 24.4 Å². The summed E-state index contributed by atoms with van der Waals surface area (Å²) in [5, 5.41) is 0. The number of halogens is 6. The fourth-order valence-electron chi connectivity index (χ4n) is 0.998. The molecule has 0 atom stereocenters. The number of rotatable bonds is 4. The summed E-state index contributed by atoms with van der Waals surface area (Å²) in [5.74, 6) is 0. The molecule has 25 heavy (non-hydrogen) atoms. The summed E-state index contributed by atoms with van der Waals surface area (Å²) in [6, 6.07) is 0. The van der Waals surface area contributed by atoms with Crippen LogP contribution >= 0.6 is 0 Å². The Hall–Kier alpha value is -1.61. The molecule has 0 spiro atoms. The smallest absolute Gasteiger partial charge is 0.421 e. The van der Waals surface area contributed by atoms with E-state index in [9.17, 15) is 43.2 Å². The number of imidazole rings is 1. The molecule has 0 amide bonds. The van der Waals surface area contributed by atoms with E-state index in [-0.39, 0.29) is 0 Å². The van der Waals surface area contributed by atoms with Gasteiger partial charge >= 0.3 is 11.0 Å². The van der Waals surface area contributed by atoms with Crippen LogP contribution in [0, 0.1) is 0 Å². The van der Waals surface area contributed by atoms with E-state index >= 15 is 0 Å². The van der Waals surface area contributed by atoms with Crippen LogP contribution in [0.3, 0.4) is 0 Å². The minimum atomic E-state index is -6.72. The number of allylic oxidation sites excluding steroid dienone is 1. The van der Waals surface area contributed by atoms with E-state index in [1.54, 1.807) is 0 Å². The second-order valence-electron chi connectivity index (χ2n) is 4.24. The molecule has 1 aromatic heterocycles. The molecule has 0 saturated carbocycles. The van der Waals surface area contributed by atoms with Crippen molar-refractivity contribution in [2.75, 3.05) is 0 Å². The second-order valence-corrected chi connectivity index (χ2v) is 7.66. The largest absolute Gasteiger partial charge is 0.480 e. The zero-order valence-corrected chi connectivity index (χ0v) is 14.3. The molecule has 0 aliphatic carbocycles. The van der Waals surface area contributed by atoms with Gasteiger partial charge in [0.25, 0.3) is 0 Å². The first-order valence-electron chi connectivity index (χ1n) is 6.09. The molecule has 146 valence electrons. The highest BCUT2D eigenvalue weighted by Gasteiger charge is 2.46. The lowest BCUT2D eigenvalue weighted by molar-refractivity contribution is -0.670. The van der Waals surface area contributed by atoms with Gasteiger partial charge in [0.05, 0.1) is 13.2 Å². The molecule has 0 unspecified atom stereocenters. The molecular formula is C10H13F6N3O4S2. The highest BCUT2D eigenvalue weighted by atomic mass is 32.3. The van der Waals surface area contributed by atoms with Crippen molar-refractivity contribution >= 4 is 26.2 Å².